The first-order chi connectivity index (χ1) is 10.6. The fraction of sp³-hybridized carbons (Fsp3) is 0.588. The molecule has 0 aliphatic heterocycles. The van der Waals surface area contributed by atoms with E-state index in [1.807, 2.05) is 0 Å². The number of rotatable bonds is 14. The monoisotopic (exact) mass is 311 g/mol. The van der Waals surface area contributed by atoms with E-state index in [1.54, 1.807) is 25.2 Å². The number of hydrogen-bond acceptors (Lipinski definition) is 4. The van der Waals surface area contributed by atoms with Crippen LogP contribution >= 0.6 is 0 Å². The molecule has 5 heteroatoms. The smallest absolute Gasteiger partial charge is 0.331 e. The summed E-state index contributed by atoms with van der Waals surface area (Å²) in [6.45, 7) is 10.9. The van der Waals surface area contributed by atoms with Crippen molar-refractivity contribution >= 4 is 5.97 Å². The Morgan fingerprint density at radius 3 is 2.32 bits per heavy atom. The van der Waals surface area contributed by atoms with E-state index in [9.17, 15) is 4.79 Å². The number of aliphatic carboxylic acids is 1. The molecule has 0 saturated carbocycles. The molecule has 2 N–H and O–H groups in total. The van der Waals surface area contributed by atoms with Gasteiger partial charge in [-0.05, 0) is 31.9 Å². The molecule has 126 valence electrons. The standard InChI is InChI=1S/C17H29NO4/c1-4-6-11-21-13-14-22-12-7-10-18-16(5-2)9-8-15(3)17(19)20/h5,8-9,18H,2,4,6-7,10-14H2,1,3H3,(H,19,20)/b15-8+,16-9+. The molecule has 0 aliphatic carbocycles. The predicted octanol–water partition coefficient (Wildman–Crippen LogP) is 2.90. The van der Waals surface area contributed by atoms with Crippen LogP contribution in [0.3, 0.4) is 0 Å². The molecule has 0 heterocycles. The quantitative estimate of drug-likeness (QED) is 0.293. The van der Waals surface area contributed by atoms with Gasteiger partial charge in [-0.2, -0.15) is 0 Å². The molecule has 0 spiro atoms. The lowest BCUT2D eigenvalue weighted by molar-refractivity contribution is -0.132. The van der Waals surface area contributed by atoms with Crippen molar-refractivity contribution in [1.29, 1.82) is 0 Å². The van der Waals surface area contributed by atoms with Gasteiger partial charge in [0.15, 0.2) is 0 Å². The van der Waals surface area contributed by atoms with Crippen LogP contribution in [0.25, 0.3) is 0 Å². The Morgan fingerprint density at radius 2 is 1.77 bits per heavy atom. The molecule has 22 heavy (non-hydrogen) atoms. The number of carboxylic acids is 1. The number of ether oxygens (including phenoxy) is 2. The Morgan fingerprint density at radius 1 is 1.14 bits per heavy atom. The summed E-state index contributed by atoms with van der Waals surface area (Å²) in [5.74, 6) is -0.922. The Labute approximate surface area is 133 Å². The molecule has 0 radical (unpaired) electrons. The van der Waals surface area contributed by atoms with E-state index in [4.69, 9.17) is 14.6 Å². The summed E-state index contributed by atoms with van der Waals surface area (Å²) in [6.07, 6.45) is 8.02. The van der Waals surface area contributed by atoms with E-state index < -0.39 is 5.97 Å². The molecule has 0 saturated heterocycles. The van der Waals surface area contributed by atoms with Crippen LogP contribution < -0.4 is 5.32 Å². The Hall–Kier alpha value is -1.59. The van der Waals surface area contributed by atoms with Crippen molar-refractivity contribution < 1.29 is 19.4 Å². The van der Waals surface area contributed by atoms with Crippen LogP contribution in [0.2, 0.25) is 0 Å². The van der Waals surface area contributed by atoms with Gasteiger partial charge in [-0.1, -0.05) is 26.0 Å². The summed E-state index contributed by atoms with van der Waals surface area (Å²) < 4.78 is 10.9. The summed E-state index contributed by atoms with van der Waals surface area (Å²) in [6, 6.07) is 0. The minimum atomic E-state index is -0.922. The molecule has 0 fully saturated rings. The second-order valence-electron chi connectivity index (χ2n) is 4.84. The third kappa shape index (κ3) is 12.2. The number of allylic oxidation sites excluding steroid dienone is 3. The van der Waals surface area contributed by atoms with Gasteiger partial charge in [0.05, 0.1) is 13.2 Å². The van der Waals surface area contributed by atoms with Crippen LogP contribution in [-0.2, 0) is 14.3 Å². The molecule has 0 aromatic carbocycles. The summed E-state index contributed by atoms with van der Waals surface area (Å²) in [5.41, 5.74) is 1.08. The van der Waals surface area contributed by atoms with E-state index in [1.165, 1.54) is 0 Å². The maximum absolute atomic E-state index is 10.7. The van der Waals surface area contributed by atoms with Crippen LogP contribution in [0, 0.1) is 0 Å². The lowest BCUT2D eigenvalue weighted by Crippen LogP contribution is -2.16. The molecule has 5 nitrogen and oxygen atoms in total. The van der Waals surface area contributed by atoms with Gasteiger partial charge in [-0.15, -0.1) is 0 Å². The lowest BCUT2D eigenvalue weighted by atomic mass is 10.2. The summed E-state index contributed by atoms with van der Waals surface area (Å²) >= 11 is 0. The van der Waals surface area contributed by atoms with Crippen LogP contribution in [0.5, 0.6) is 0 Å². The van der Waals surface area contributed by atoms with Crippen molar-refractivity contribution in [3.63, 3.8) is 0 Å². The minimum absolute atomic E-state index is 0.285. The van der Waals surface area contributed by atoms with Gasteiger partial charge < -0.3 is 19.9 Å². The first kappa shape index (κ1) is 20.4. The van der Waals surface area contributed by atoms with Crippen molar-refractivity contribution in [2.45, 2.75) is 33.1 Å². The number of carbonyl (C=O) groups is 1. The van der Waals surface area contributed by atoms with E-state index in [-0.39, 0.29) is 5.57 Å². The van der Waals surface area contributed by atoms with Gasteiger partial charge in [0.2, 0.25) is 0 Å². The van der Waals surface area contributed by atoms with Crippen molar-refractivity contribution in [1.82, 2.24) is 5.32 Å². The molecule has 0 unspecified atom stereocenters. The fourth-order valence-corrected chi connectivity index (χ4v) is 1.46. The van der Waals surface area contributed by atoms with Gasteiger partial charge in [0.1, 0.15) is 0 Å². The molecule has 0 aromatic rings. The van der Waals surface area contributed by atoms with E-state index in [0.29, 0.717) is 19.8 Å². The SMILES string of the molecule is C=C/C(=C\C=C(/C)C(=O)O)NCCCOCCOCCCC. The predicted molar refractivity (Wildman–Crippen MR) is 88.8 cm³/mol. The highest BCUT2D eigenvalue weighted by Gasteiger charge is 1.97. The van der Waals surface area contributed by atoms with Gasteiger partial charge in [-0.25, -0.2) is 4.79 Å². The topological polar surface area (TPSA) is 67.8 Å². The van der Waals surface area contributed by atoms with Crippen molar-refractivity contribution in [3.05, 3.63) is 36.1 Å². The van der Waals surface area contributed by atoms with Crippen LogP contribution in [0.1, 0.15) is 33.1 Å². The summed E-state index contributed by atoms with van der Waals surface area (Å²) in [5, 5.41) is 11.9. The summed E-state index contributed by atoms with van der Waals surface area (Å²) in [4.78, 5) is 10.7. The molecule has 0 aromatic heterocycles. The highest BCUT2D eigenvalue weighted by molar-refractivity contribution is 5.86. The second kappa shape index (κ2) is 14.4. The number of unbranched alkanes of at least 4 members (excludes halogenated alkanes) is 1. The number of nitrogens with one attached hydrogen (secondary N) is 1. The van der Waals surface area contributed by atoms with Crippen molar-refractivity contribution in [3.8, 4) is 0 Å². The maximum atomic E-state index is 10.7. The van der Waals surface area contributed by atoms with Crippen LogP contribution in [0.15, 0.2) is 36.1 Å². The molecule has 0 aliphatic rings. The maximum Gasteiger partial charge on any atom is 0.331 e. The minimum Gasteiger partial charge on any atom is -0.478 e. The lowest BCUT2D eigenvalue weighted by Gasteiger charge is -2.08. The fourth-order valence-electron chi connectivity index (χ4n) is 1.46. The zero-order valence-corrected chi connectivity index (χ0v) is 13.8. The molecule has 0 amide bonds. The molecule has 0 rings (SSSR count). The van der Waals surface area contributed by atoms with E-state index in [0.717, 1.165) is 38.1 Å². The average molecular weight is 311 g/mol. The zero-order chi connectivity index (χ0) is 16.6. The van der Waals surface area contributed by atoms with Crippen molar-refractivity contribution in [2.24, 2.45) is 0 Å². The highest BCUT2D eigenvalue weighted by Crippen LogP contribution is 1.97. The zero-order valence-electron chi connectivity index (χ0n) is 13.8. The van der Waals surface area contributed by atoms with Gasteiger partial charge >= 0.3 is 5.97 Å². The first-order valence-corrected chi connectivity index (χ1v) is 7.75. The van der Waals surface area contributed by atoms with Crippen LogP contribution in [0.4, 0.5) is 0 Å². The average Bonchev–Trinajstić information content (AvgIpc) is 2.51. The number of carboxylic acid groups (broad SMARTS) is 1. The third-order valence-corrected chi connectivity index (χ3v) is 2.88. The Bertz CT molecular complexity index is 375. The Kier molecular flexibility index (Phi) is 13.3. The largest absolute Gasteiger partial charge is 0.478 e. The molecular formula is C17H29NO4. The molecule has 0 atom stereocenters. The first-order valence-electron chi connectivity index (χ1n) is 7.75. The molecule has 0 bridgehead atoms. The summed E-state index contributed by atoms with van der Waals surface area (Å²) in [7, 11) is 0. The van der Waals surface area contributed by atoms with Crippen LogP contribution in [-0.4, -0.2) is 44.0 Å². The Balaban J connectivity index is 3.67. The second-order valence-corrected chi connectivity index (χ2v) is 4.84. The van der Waals surface area contributed by atoms with E-state index >= 15 is 0 Å². The normalized spacial score (nSPS) is 12.3. The highest BCUT2D eigenvalue weighted by atomic mass is 16.5. The number of hydrogen-bond donors (Lipinski definition) is 2. The van der Waals surface area contributed by atoms with Gasteiger partial charge in [0.25, 0.3) is 0 Å². The van der Waals surface area contributed by atoms with Gasteiger partial charge in [-0.3, -0.25) is 0 Å². The molecular weight excluding hydrogens is 282 g/mol. The van der Waals surface area contributed by atoms with Crippen molar-refractivity contribution in [2.75, 3.05) is 33.0 Å². The van der Waals surface area contributed by atoms with E-state index in [2.05, 4.69) is 18.8 Å². The third-order valence-electron chi connectivity index (χ3n) is 2.88. The van der Waals surface area contributed by atoms with Gasteiger partial charge in [0, 0.05) is 31.0 Å².